The largest absolute Gasteiger partial charge is 0.506 e. The van der Waals surface area contributed by atoms with Crippen LogP contribution in [0, 0.1) is 0 Å². The van der Waals surface area contributed by atoms with Crippen LogP contribution in [0.2, 0.25) is 0 Å². The second kappa shape index (κ2) is 7.99. The number of carbonyl (C=O) groups excluding carboxylic acids is 2. The van der Waals surface area contributed by atoms with Gasteiger partial charge in [0.2, 0.25) is 0 Å². The minimum Gasteiger partial charge on any atom is -0.506 e. The molecule has 0 fully saturated rings. The first-order chi connectivity index (χ1) is 15.9. The second-order valence-electron chi connectivity index (χ2n) is 9.38. The van der Waals surface area contributed by atoms with Crippen molar-refractivity contribution in [2.45, 2.75) is 33.1 Å². The van der Waals surface area contributed by atoms with Crippen molar-refractivity contribution in [1.29, 1.82) is 0 Å². The Kier molecular flexibility index (Phi) is 5.40. The molecule has 0 saturated carbocycles. The molecule has 34 heavy (non-hydrogen) atoms. The van der Waals surface area contributed by atoms with Crippen LogP contribution >= 0.6 is 0 Å². The summed E-state index contributed by atoms with van der Waals surface area (Å²) in [5.41, 5.74) is 4.08. The SMILES string of the molecule is C=C(C)C(=O)c1ccc(C(=O)Oc2ccc3c(c2C(C)(C)C)-c2ccc(C(=O)O)c(O)c2-3)cc1. The number of Topliss-reactive ketones (excluding diaryl/α,β-unsaturated/α-hetero) is 1. The summed E-state index contributed by atoms with van der Waals surface area (Å²) in [7, 11) is 0. The van der Waals surface area contributed by atoms with E-state index in [2.05, 4.69) is 6.58 Å². The molecule has 4 rings (SSSR count). The lowest BCUT2D eigenvalue weighted by molar-refractivity contribution is 0.0691. The predicted molar refractivity (Wildman–Crippen MR) is 129 cm³/mol. The lowest BCUT2D eigenvalue weighted by Gasteiger charge is -2.34. The van der Waals surface area contributed by atoms with Crippen LogP contribution in [0.4, 0.5) is 0 Å². The third-order valence-corrected chi connectivity index (χ3v) is 5.84. The molecule has 0 aromatic heterocycles. The van der Waals surface area contributed by atoms with E-state index in [0.717, 1.165) is 11.1 Å². The maximum Gasteiger partial charge on any atom is 0.343 e. The van der Waals surface area contributed by atoms with E-state index in [1.165, 1.54) is 18.2 Å². The normalized spacial score (nSPS) is 11.6. The topological polar surface area (TPSA) is 101 Å². The Labute approximate surface area is 197 Å². The van der Waals surface area contributed by atoms with Crippen LogP contribution in [0.15, 0.2) is 60.7 Å². The van der Waals surface area contributed by atoms with E-state index in [-0.39, 0.29) is 17.1 Å². The lowest BCUT2D eigenvalue weighted by Crippen LogP contribution is -2.20. The Morgan fingerprint density at radius 3 is 1.97 bits per heavy atom. The third-order valence-electron chi connectivity index (χ3n) is 5.84. The zero-order chi connectivity index (χ0) is 24.9. The first-order valence-corrected chi connectivity index (χ1v) is 10.7. The fourth-order valence-corrected chi connectivity index (χ4v) is 4.25. The maximum absolute atomic E-state index is 12.9. The molecule has 0 unspecified atom stereocenters. The van der Waals surface area contributed by atoms with Crippen LogP contribution in [-0.4, -0.2) is 27.9 Å². The molecule has 0 aliphatic heterocycles. The summed E-state index contributed by atoms with van der Waals surface area (Å²) in [5.74, 6) is -1.85. The Bertz CT molecular complexity index is 1390. The van der Waals surface area contributed by atoms with Crippen molar-refractivity contribution in [3.05, 3.63) is 82.9 Å². The number of rotatable bonds is 5. The van der Waals surface area contributed by atoms with Gasteiger partial charge >= 0.3 is 11.9 Å². The van der Waals surface area contributed by atoms with E-state index < -0.39 is 17.4 Å². The number of carbonyl (C=O) groups is 3. The number of hydrogen-bond acceptors (Lipinski definition) is 5. The molecule has 3 aromatic carbocycles. The molecule has 6 nitrogen and oxygen atoms in total. The fraction of sp³-hybridized carbons (Fsp3) is 0.179. The van der Waals surface area contributed by atoms with Crippen molar-refractivity contribution >= 4 is 17.7 Å². The summed E-state index contributed by atoms with van der Waals surface area (Å²) in [6, 6.07) is 12.6. The van der Waals surface area contributed by atoms with E-state index in [4.69, 9.17) is 4.74 Å². The first-order valence-electron chi connectivity index (χ1n) is 10.7. The highest BCUT2D eigenvalue weighted by atomic mass is 16.5. The summed E-state index contributed by atoms with van der Waals surface area (Å²) in [4.78, 5) is 36.4. The van der Waals surface area contributed by atoms with Crippen molar-refractivity contribution < 1.29 is 29.3 Å². The molecular weight excluding hydrogens is 432 g/mol. The molecule has 0 heterocycles. The molecule has 0 atom stereocenters. The summed E-state index contributed by atoms with van der Waals surface area (Å²) >= 11 is 0. The zero-order valence-corrected chi connectivity index (χ0v) is 19.4. The van der Waals surface area contributed by atoms with Gasteiger partial charge in [-0.15, -0.1) is 0 Å². The number of esters is 1. The number of allylic oxidation sites excluding steroid dienone is 1. The molecule has 172 valence electrons. The molecule has 1 aliphatic carbocycles. The number of ether oxygens (including phenoxy) is 1. The predicted octanol–water partition coefficient (Wildman–Crippen LogP) is 6.01. The number of phenols is 1. The number of aromatic carboxylic acids is 1. The molecule has 6 heteroatoms. The number of fused-ring (bicyclic) bond motifs is 4. The van der Waals surface area contributed by atoms with E-state index in [0.29, 0.717) is 39.1 Å². The molecule has 0 bridgehead atoms. The van der Waals surface area contributed by atoms with Crippen LogP contribution in [0.25, 0.3) is 22.3 Å². The van der Waals surface area contributed by atoms with Crippen LogP contribution in [0.1, 0.15) is 64.3 Å². The molecule has 0 radical (unpaired) electrons. The van der Waals surface area contributed by atoms with Crippen molar-refractivity contribution in [1.82, 2.24) is 0 Å². The molecule has 0 spiro atoms. The molecule has 1 aliphatic rings. The van der Waals surface area contributed by atoms with Gasteiger partial charge in [-0.25, -0.2) is 9.59 Å². The summed E-state index contributed by atoms with van der Waals surface area (Å²) in [6.07, 6.45) is 0. The van der Waals surface area contributed by atoms with Gasteiger partial charge in [-0.3, -0.25) is 4.79 Å². The minimum absolute atomic E-state index is 0.161. The van der Waals surface area contributed by atoms with Crippen molar-refractivity contribution in [2.24, 2.45) is 0 Å². The number of carboxylic acids is 1. The number of ketones is 1. The van der Waals surface area contributed by atoms with Gasteiger partial charge in [0.15, 0.2) is 5.78 Å². The fourth-order valence-electron chi connectivity index (χ4n) is 4.25. The number of hydrogen-bond donors (Lipinski definition) is 2. The third kappa shape index (κ3) is 3.67. The average Bonchev–Trinajstić information content (AvgIpc) is 2.75. The summed E-state index contributed by atoms with van der Waals surface area (Å²) in [5, 5.41) is 19.8. The second-order valence-corrected chi connectivity index (χ2v) is 9.38. The quantitative estimate of drug-likeness (QED) is 0.165. The van der Waals surface area contributed by atoms with Gasteiger partial charge in [0.05, 0.1) is 5.56 Å². The van der Waals surface area contributed by atoms with Gasteiger partial charge in [0, 0.05) is 16.7 Å². The van der Waals surface area contributed by atoms with Gasteiger partial charge in [-0.2, -0.15) is 0 Å². The standard InChI is InChI=1S/C28H24O6/c1-14(2)24(29)15-6-8-16(9-7-15)27(33)34-20-13-12-18-21(23(20)28(3,4)5)17-10-11-19(26(31)32)25(30)22(17)18/h6-13,30H,1H2,2-5H3,(H,31,32). The van der Waals surface area contributed by atoms with Crippen LogP contribution < -0.4 is 4.74 Å². The average molecular weight is 456 g/mol. The van der Waals surface area contributed by atoms with Gasteiger partial charge in [-0.05, 0) is 64.9 Å². The Morgan fingerprint density at radius 1 is 0.853 bits per heavy atom. The van der Waals surface area contributed by atoms with E-state index in [9.17, 15) is 24.6 Å². The van der Waals surface area contributed by atoms with Crippen molar-refractivity contribution in [2.75, 3.05) is 0 Å². The molecule has 2 N–H and O–H groups in total. The lowest BCUT2D eigenvalue weighted by atomic mass is 9.70. The highest BCUT2D eigenvalue weighted by Crippen LogP contribution is 2.57. The number of benzene rings is 3. The molecule has 3 aromatic rings. The first kappa shape index (κ1) is 23.0. The smallest absolute Gasteiger partial charge is 0.343 e. The van der Waals surface area contributed by atoms with E-state index >= 15 is 0 Å². The molecular formula is C28H24O6. The van der Waals surface area contributed by atoms with E-state index in [1.54, 1.807) is 37.3 Å². The van der Waals surface area contributed by atoms with Crippen LogP contribution in [0.5, 0.6) is 11.5 Å². The van der Waals surface area contributed by atoms with Crippen molar-refractivity contribution in [3.8, 4) is 33.8 Å². The molecule has 0 saturated heterocycles. The van der Waals surface area contributed by atoms with Crippen molar-refractivity contribution in [3.63, 3.8) is 0 Å². The van der Waals surface area contributed by atoms with Gasteiger partial charge in [0.1, 0.15) is 17.1 Å². The Morgan fingerprint density at radius 2 is 1.41 bits per heavy atom. The van der Waals surface area contributed by atoms with Gasteiger partial charge < -0.3 is 14.9 Å². The summed E-state index contributed by atoms with van der Waals surface area (Å²) in [6.45, 7) is 11.2. The molecule has 0 amide bonds. The zero-order valence-electron chi connectivity index (χ0n) is 19.4. The Hall–Kier alpha value is -4.19. The highest BCUT2D eigenvalue weighted by Gasteiger charge is 2.36. The van der Waals surface area contributed by atoms with Crippen LogP contribution in [0.3, 0.4) is 0 Å². The minimum atomic E-state index is -1.20. The maximum atomic E-state index is 12.9. The van der Waals surface area contributed by atoms with Gasteiger partial charge in [-0.1, -0.05) is 45.5 Å². The number of aromatic hydroxyl groups is 1. The van der Waals surface area contributed by atoms with Crippen LogP contribution in [-0.2, 0) is 5.41 Å². The number of carboxylic acid groups (broad SMARTS) is 1. The van der Waals surface area contributed by atoms with E-state index in [1.807, 2.05) is 20.8 Å². The summed E-state index contributed by atoms with van der Waals surface area (Å²) < 4.78 is 5.78. The Balaban J connectivity index is 1.72. The van der Waals surface area contributed by atoms with Gasteiger partial charge in [0.25, 0.3) is 0 Å². The highest BCUT2D eigenvalue weighted by molar-refractivity contribution is 6.11. The monoisotopic (exact) mass is 456 g/mol.